The van der Waals surface area contributed by atoms with E-state index in [1.165, 1.54) is 0 Å². The van der Waals surface area contributed by atoms with Gasteiger partial charge in [0.1, 0.15) is 5.69 Å². The monoisotopic (exact) mass is 275 g/mol. The SMILES string of the molecule is CCC(N)(CC)C(=O)Nc1ccc(C(F)(F)F)nc1. The van der Waals surface area contributed by atoms with Crippen molar-refractivity contribution in [2.75, 3.05) is 5.32 Å². The molecule has 0 aromatic carbocycles. The normalized spacial score (nSPS) is 12.3. The van der Waals surface area contributed by atoms with Crippen LogP contribution in [-0.4, -0.2) is 16.4 Å². The highest BCUT2D eigenvalue weighted by Crippen LogP contribution is 2.28. The van der Waals surface area contributed by atoms with Crippen molar-refractivity contribution in [1.29, 1.82) is 0 Å². The Morgan fingerprint density at radius 1 is 1.32 bits per heavy atom. The maximum absolute atomic E-state index is 12.3. The number of anilines is 1. The summed E-state index contributed by atoms with van der Waals surface area (Å²) in [6, 6.07) is 1.96. The molecule has 0 unspecified atom stereocenters. The fourth-order valence-corrected chi connectivity index (χ4v) is 1.46. The van der Waals surface area contributed by atoms with Crippen LogP contribution in [0.15, 0.2) is 18.3 Å². The van der Waals surface area contributed by atoms with Crippen molar-refractivity contribution in [3.05, 3.63) is 24.0 Å². The Bertz CT molecular complexity index is 439. The summed E-state index contributed by atoms with van der Waals surface area (Å²) in [5, 5.41) is 2.47. The summed E-state index contributed by atoms with van der Waals surface area (Å²) in [5.41, 5.74) is 4.03. The summed E-state index contributed by atoms with van der Waals surface area (Å²) in [4.78, 5) is 15.1. The fraction of sp³-hybridized carbons (Fsp3) is 0.500. The van der Waals surface area contributed by atoms with Crippen molar-refractivity contribution in [3.8, 4) is 0 Å². The van der Waals surface area contributed by atoms with E-state index < -0.39 is 23.3 Å². The number of nitrogens with two attached hydrogens (primary N) is 1. The Balaban J connectivity index is 2.82. The van der Waals surface area contributed by atoms with Gasteiger partial charge in [0.2, 0.25) is 5.91 Å². The molecule has 0 aliphatic carbocycles. The van der Waals surface area contributed by atoms with Crippen LogP contribution in [0.5, 0.6) is 0 Å². The number of carbonyl (C=O) groups excluding carboxylic acids is 1. The van der Waals surface area contributed by atoms with Crippen molar-refractivity contribution in [3.63, 3.8) is 0 Å². The predicted molar refractivity (Wildman–Crippen MR) is 65.4 cm³/mol. The van der Waals surface area contributed by atoms with Crippen molar-refractivity contribution in [2.24, 2.45) is 5.73 Å². The third kappa shape index (κ3) is 3.66. The fourth-order valence-electron chi connectivity index (χ4n) is 1.46. The van der Waals surface area contributed by atoms with E-state index in [4.69, 9.17) is 5.73 Å². The number of nitrogens with one attached hydrogen (secondary N) is 1. The summed E-state index contributed by atoms with van der Waals surface area (Å²) < 4.78 is 36.9. The van der Waals surface area contributed by atoms with Gasteiger partial charge in [0, 0.05) is 0 Å². The number of alkyl halides is 3. The summed E-state index contributed by atoms with van der Waals surface area (Å²) >= 11 is 0. The van der Waals surface area contributed by atoms with Crippen LogP contribution < -0.4 is 11.1 Å². The molecule has 7 heteroatoms. The number of hydrogen-bond acceptors (Lipinski definition) is 3. The van der Waals surface area contributed by atoms with Crippen molar-refractivity contribution in [1.82, 2.24) is 4.98 Å². The van der Waals surface area contributed by atoms with Gasteiger partial charge in [0.05, 0.1) is 17.4 Å². The minimum Gasteiger partial charge on any atom is -0.323 e. The highest BCUT2D eigenvalue weighted by atomic mass is 19.4. The van der Waals surface area contributed by atoms with E-state index in [-0.39, 0.29) is 5.69 Å². The van der Waals surface area contributed by atoms with Gasteiger partial charge >= 0.3 is 6.18 Å². The molecule has 1 rings (SSSR count). The Kier molecular flexibility index (Phi) is 4.52. The van der Waals surface area contributed by atoms with E-state index >= 15 is 0 Å². The van der Waals surface area contributed by atoms with E-state index in [0.29, 0.717) is 12.8 Å². The molecule has 0 atom stereocenters. The first-order chi connectivity index (χ1) is 8.73. The van der Waals surface area contributed by atoms with Crippen LogP contribution in [0.25, 0.3) is 0 Å². The molecule has 0 saturated heterocycles. The number of aromatic nitrogens is 1. The highest BCUT2D eigenvalue weighted by molar-refractivity contribution is 5.97. The van der Waals surface area contributed by atoms with Gasteiger partial charge in [0.15, 0.2) is 0 Å². The zero-order chi connectivity index (χ0) is 14.7. The Morgan fingerprint density at radius 3 is 2.26 bits per heavy atom. The minimum atomic E-state index is -4.49. The second kappa shape index (κ2) is 5.56. The number of pyridine rings is 1. The zero-order valence-corrected chi connectivity index (χ0v) is 10.7. The highest BCUT2D eigenvalue weighted by Gasteiger charge is 2.33. The Labute approximate surface area is 109 Å². The standard InChI is InChI=1S/C12H16F3N3O/c1-3-11(16,4-2)10(19)18-8-5-6-9(17-7-8)12(13,14)15/h5-7H,3-4,16H2,1-2H3,(H,18,19). The first kappa shape index (κ1) is 15.4. The molecule has 0 saturated carbocycles. The van der Waals surface area contributed by atoms with Crippen molar-refractivity contribution >= 4 is 11.6 Å². The average molecular weight is 275 g/mol. The van der Waals surface area contributed by atoms with E-state index in [1.807, 2.05) is 0 Å². The topological polar surface area (TPSA) is 68.0 Å². The number of carbonyl (C=O) groups is 1. The Hall–Kier alpha value is -1.63. The molecule has 0 bridgehead atoms. The second-order valence-electron chi connectivity index (χ2n) is 4.25. The average Bonchev–Trinajstić information content (AvgIpc) is 2.37. The number of hydrogen-bond donors (Lipinski definition) is 2. The molecule has 3 N–H and O–H groups in total. The molecule has 1 aromatic heterocycles. The third-order valence-electron chi connectivity index (χ3n) is 3.03. The second-order valence-corrected chi connectivity index (χ2v) is 4.25. The summed E-state index contributed by atoms with van der Waals surface area (Å²) in [5.74, 6) is -0.431. The van der Waals surface area contributed by atoms with Crippen molar-refractivity contribution < 1.29 is 18.0 Å². The molecule has 0 aliphatic heterocycles. The summed E-state index contributed by atoms with van der Waals surface area (Å²) in [7, 11) is 0. The molecular formula is C12H16F3N3O. The Morgan fingerprint density at radius 2 is 1.89 bits per heavy atom. The molecule has 106 valence electrons. The van der Waals surface area contributed by atoms with E-state index in [1.54, 1.807) is 13.8 Å². The molecule has 1 heterocycles. The first-order valence-corrected chi connectivity index (χ1v) is 5.86. The summed E-state index contributed by atoms with van der Waals surface area (Å²) in [6.07, 6.45) is -2.66. The van der Waals surface area contributed by atoms with Gasteiger partial charge in [-0.25, -0.2) is 4.98 Å². The summed E-state index contributed by atoms with van der Waals surface area (Å²) in [6.45, 7) is 3.54. The quantitative estimate of drug-likeness (QED) is 0.887. The van der Waals surface area contributed by atoms with Crippen LogP contribution >= 0.6 is 0 Å². The lowest BCUT2D eigenvalue weighted by molar-refractivity contribution is -0.141. The van der Waals surface area contributed by atoms with Gasteiger partial charge in [-0.05, 0) is 25.0 Å². The van der Waals surface area contributed by atoms with Gasteiger partial charge in [-0.2, -0.15) is 13.2 Å². The molecular weight excluding hydrogens is 259 g/mol. The maximum Gasteiger partial charge on any atom is 0.433 e. The lowest BCUT2D eigenvalue weighted by Gasteiger charge is -2.25. The minimum absolute atomic E-state index is 0.190. The molecule has 0 radical (unpaired) electrons. The van der Waals surface area contributed by atoms with Crippen molar-refractivity contribution in [2.45, 2.75) is 38.4 Å². The molecule has 0 aliphatic rings. The number of amides is 1. The van der Waals surface area contributed by atoms with Gasteiger partial charge in [-0.3, -0.25) is 4.79 Å². The van der Waals surface area contributed by atoms with E-state index in [0.717, 1.165) is 18.3 Å². The van der Waals surface area contributed by atoms with Crippen LogP contribution in [0.3, 0.4) is 0 Å². The van der Waals surface area contributed by atoms with Gasteiger partial charge < -0.3 is 11.1 Å². The number of halogens is 3. The zero-order valence-electron chi connectivity index (χ0n) is 10.7. The van der Waals surface area contributed by atoms with Gasteiger partial charge in [-0.1, -0.05) is 13.8 Å². The molecule has 0 spiro atoms. The third-order valence-corrected chi connectivity index (χ3v) is 3.03. The molecule has 1 amide bonds. The molecule has 19 heavy (non-hydrogen) atoms. The largest absolute Gasteiger partial charge is 0.433 e. The smallest absolute Gasteiger partial charge is 0.323 e. The van der Waals surface area contributed by atoms with E-state index in [2.05, 4.69) is 10.3 Å². The molecule has 0 fully saturated rings. The van der Waals surface area contributed by atoms with Crippen LogP contribution in [0, 0.1) is 0 Å². The first-order valence-electron chi connectivity index (χ1n) is 5.86. The lowest BCUT2D eigenvalue weighted by Crippen LogP contribution is -2.50. The molecule has 4 nitrogen and oxygen atoms in total. The van der Waals surface area contributed by atoms with Gasteiger partial charge in [-0.15, -0.1) is 0 Å². The van der Waals surface area contributed by atoms with Gasteiger partial charge in [0.25, 0.3) is 0 Å². The maximum atomic E-state index is 12.3. The number of rotatable bonds is 4. The van der Waals surface area contributed by atoms with Crippen LogP contribution in [0.1, 0.15) is 32.4 Å². The number of nitrogens with zero attached hydrogens (tertiary/aromatic N) is 1. The van der Waals surface area contributed by atoms with E-state index in [9.17, 15) is 18.0 Å². The predicted octanol–water partition coefficient (Wildman–Crippen LogP) is 2.56. The lowest BCUT2D eigenvalue weighted by atomic mass is 9.93. The van der Waals surface area contributed by atoms with Crippen LogP contribution in [-0.2, 0) is 11.0 Å². The molecule has 1 aromatic rings. The van der Waals surface area contributed by atoms with Crippen LogP contribution in [0.2, 0.25) is 0 Å². The van der Waals surface area contributed by atoms with Crippen LogP contribution in [0.4, 0.5) is 18.9 Å².